The van der Waals surface area contributed by atoms with Gasteiger partial charge in [-0.1, -0.05) is 158 Å². The Labute approximate surface area is 318 Å². The maximum atomic E-state index is 6.36. The number of allylic oxidation sites excluding steroid dienone is 5. The fraction of sp³-hybridized carbons (Fsp3) is 0.0370. The Morgan fingerprint density at radius 2 is 1.04 bits per heavy atom. The third kappa shape index (κ3) is 4.60. The quantitative estimate of drug-likeness (QED) is 0.167. The van der Waals surface area contributed by atoms with Gasteiger partial charge in [-0.15, -0.1) is 0 Å². The molecule has 55 heavy (non-hydrogen) atoms. The molecule has 0 saturated heterocycles. The molecule has 1 nitrogen and oxygen atoms in total. The van der Waals surface area contributed by atoms with Gasteiger partial charge in [-0.2, -0.15) is 0 Å². The van der Waals surface area contributed by atoms with Crippen molar-refractivity contribution < 1.29 is 4.42 Å². The number of rotatable bonds is 3. The molecule has 1 aromatic heterocycles. The van der Waals surface area contributed by atoms with Gasteiger partial charge < -0.3 is 4.42 Å². The van der Waals surface area contributed by atoms with E-state index in [-0.39, 0.29) is 11.8 Å². The number of hydrogen-bond acceptors (Lipinski definition) is 1. The number of fused-ring (bicyclic) bond motifs is 12. The molecule has 9 aromatic carbocycles. The van der Waals surface area contributed by atoms with Crippen LogP contribution in [0, 0.1) is 5.92 Å². The molecule has 10 aromatic rings. The fourth-order valence-electron chi connectivity index (χ4n) is 9.74. The van der Waals surface area contributed by atoms with Crippen LogP contribution >= 0.6 is 0 Å². The molecular weight excluding hydrogens is 665 g/mol. The molecule has 0 amide bonds. The molecule has 1 heteroatoms. The fourth-order valence-corrected chi connectivity index (χ4v) is 9.74. The molecule has 1 heterocycles. The first kappa shape index (κ1) is 30.5. The summed E-state index contributed by atoms with van der Waals surface area (Å²) in [5, 5.41) is 12.3. The second kappa shape index (κ2) is 11.8. The van der Waals surface area contributed by atoms with Gasteiger partial charge in [0, 0.05) is 22.6 Å². The van der Waals surface area contributed by atoms with E-state index in [1.54, 1.807) is 0 Å². The Balaban J connectivity index is 0.983. The number of furan rings is 1. The van der Waals surface area contributed by atoms with Crippen LogP contribution in [0.25, 0.3) is 81.7 Å². The lowest BCUT2D eigenvalue weighted by atomic mass is 9.66. The Kier molecular flexibility index (Phi) is 6.53. The Morgan fingerprint density at radius 3 is 1.89 bits per heavy atom. The summed E-state index contributed by atoms with van der Waals surface area (Å²) in [7, 11) is 0. The molecule has 0 radical (unpaired) electrons. The van der Waals surface area contributed by atoms with Gasteiger partial charge in [-0.25, -0.2) is 0 Å². The van der Waals surface area contributed by atoms with Gasteiger partial charge >= 0.3 is 0 Å². The first-order valence-corrected chi connectivity index (χ1v) is 19.2. The van der Waals surface area contributed by atoms with Crippen molar-refractivity contribution >= 4 is 70.6 Å². The molecule has 2 unspecified atom stereocenters. The van der Waals surface area contributed by atoms with Crippen LogP contribution in [0.15, 0.2) is 204 Å². The van der Waals surface area contributed by atoms with Crippen molar-refractivity contribution in [1.82, 2.24) is 0 Å². The van der Waals surface area contributed by atoms with E-state index < -0.39 is 0 Å². The van der Waals surface area contributed by atoms with Crippen molar-refractivity contribution in [2.45, 2.75) is 5.92 Å². The van der Waals surface area contributed by atoms with E-state index in [4.69, 9.17) is 4.42 Å². The highest BCUT2D eigenvalue weighted by molar-refractivity contribution is 6.28. The molecule has 2 aliphatic carbocycles. The minimum absolute atomic E-state index is 0.279. The molecule has 2 aliphatic rings. The smallest absolute Gasteiger partial charge is 0.136 e. The second-order valence-electron chi connectivity index (χ2n) is 15.2. The summed E-state index contributed by atoms with van der Waals surface area (Å²) in [6.45, 7) is 0. The van der Waals surface area contributed by atoms with Crippen LogP contribution in [0.2, 0.25) is 0 Å². The summed E-state index contributed by atoms with van der Waals surface area (Å²) >= 11 is 0. The first-order valence-electron chi connectivity index (χ1n) is 19.2. The summed E-state index contributed by atoms with van der Waals surface area (Å²) in [6.07, 6.45) is 9.15. The predicted molar refractivity (Wildman–Crippen MR) is 232 cm³/mol. The average Bonchev–Trinajstić information content (AvgIpc) is 3.62. The van der Waals surface area contributed by atoms with E-state index >= 15 is 0 Å². The molecule has 0 spiro atoms. The van der Waals surface area contributed by atoms with E-state index in [1.165, 1.54) is 87.6 Å². The third-order valence-electron chi connectivity index (χ3n) is 12.2. The molecular formula is C54H34O. The van der Waals surface area contributed by atoms with Crippen LogP contribution < -0.4 is 0 Å². The summed E-state index contributed by atoms with van der Waals surface area (Å²) in [4.78, 5) is 0. The molecule has 12 rings (SSSR count). The zero-order valence-corrected chi connectivity index (χ0v) is 30.0. The summed E-state index contributed by atoms with van der Waals surface area (Å²) in [6, 6.07) is 62.7. The number of benzene rings is 9. The van der Waals surface area contributed by atoms with Crippen molar-refractivity contribution in [2.24, 2.45) is 5.92 Å². The summed E-state index contributed by atoms with van der Waals surface area (Å²) in [5.41, 5.74) is 12.4. The van der Waals surface area contributed by atoms with Crippen molar-refractivity contribution in [2.75, 3.05) is 0 Å². The largest absolute Gasteiger partial charge is 0.456 e. The molecule has 256 valence electrons. The summed E-state index contributed by atoms with van der Waals surface area (Å²) in [5.74, 6) is 0.560. The molecule has 0 saturated carbocycles. The van der Waals surface area contributed by atoms with Crippen molar-refractivity contribution in [1.29, 1.82) is 0 Å². The SMILES string of the molecule is C1=CC2=C(c3ccc4cc(-c5ccc6c(c5)c5ccccc5c5cc7c(cc65)oc5ccccc57)ccc4c3)c3ccccc3C(c3ccccc3)C2C=C1. The van der Waals surface area contributed by atoms with Gasteiger partial charge in [-0.3, -0.25) is 0 Å². The predicted octanol–water partition coefficient (Wildman–Crippen LogP) is 14.6. The van der Waals surface area contributed by atoms with Crippen LogP contribution in [-0.2, 0) is 0 Å². The van der Waals surface area contributed by atoms with E-state index in [2.05, 4.69) is 188 Å². The van der Waals surface area contributed by atoms with Gasteiger partial charge in [0.15, 0.2) is 0 Å². The Hall–Kier alpha value is -6.96. The van der Waals surface area contributed by atoms with Gasteiger partial charge in [-0.05, 0) is 124 Å². The standard InChI is InChI=1S/C54H34O/c1-2-12-33(13-3-1)53-43-17-6-8-19-45(43)54(46-20-9-7-18-44(46)53)38-25-24-34-28-35(22-23-36(34)29-38)37-26-27-41-47(30-37)39-14-4-5-15-40(39)48-31-50-42-16-10-11-21-51(42)55-52(50)32-49(41)48/h1-32,43,53H. The van der Waals surface area contributed by atoms with E-state index in [0.717, 1.165) is 21.9 Å². The van der Waals surface area contributed by atoms with E-state index in [9.17, 15) is 0 Å². The maximum absolute atomic E-state index is 6.36. The summed E-state index contributed by atoms with van der Waals surface area (Å²) < 4.78 is 6.36. The monoisotopic (exact) mass is 698 g/mol. The van der Waals surface area contributed by atoms with Crippen molar-refractivity contribution in [3.8, 4) is 11.1 Å². The van der Waals surface area contributed by atoms with E-state index in [0.29, 0.717) is 0 Å². The lowest BCUT2D eigenvalue weighted by molar-refractivity contribution is 0.649. The Bertz CT molecular complexity index is 3320. The van der Waals surface area contributed by atoms with Gasteiger partial charge in [0.05, 0.1) is 0 Å². The molecule has 0 bridgehead atoms. The van der Waals surface area contributed by atoms with E-state index in [1.807, 2.05) is 6.07 Å². The van der Waals surface area contributed by atoms with Crippen LogP contribution in [0.4, 0.5) is 0 Å². The minimum Gasteiger partial charge on any atom is -0.456 e. The molecule has 0 aliphatic heterocycles. The topological polar surface area (TPSA) is 13.1 Å². The van der Waals surface area contributed by atoms with Gasteiger partial charge in [0.1, 0.15) is 11.2 Å². The average molecular weight is 699 g/mol. The van der Waals surface area contributed by atoms with Crippen LogP contribution in [0.3, 0.4) is 0 Å². The lowest BCUT2D eigenvalue weighted by Gasteiger charge is -2.36. The third-order valence-corrected chi connectivity index (χ3v) is 12.2. The Morgan fingerprint density at radius 1 is 0.400 bits per heavy atom. The number of para-hydroxylation sites is 1. The molecule has 0 fully saturated rings. The highest BCUT2D eigenvalue weighted by Crippen LogP contribution is 2.50. The second-order valence-corrected chi connectivity index (χ2v) is 15.2. The van der Waals surface area contributed by atoms with Crippen LogP contribution in [-0.4, -0.2) is 0 Å². The number of hydrogen-bond donors (Lipinski definition) is 0. The first-order chi connectivity index (χ1) is 27.3. The van der Waals surface area contributed by atoms with Crippen LogP contribution in [0.1, 0.15) is 28.2 Å². The molecule has 0 N–H and O–H groups in total. The van der Waals surface area contributed by atoms with Crippen molar-refractivity contribution in [3.63, 3.8) is 0 Å². The maximum Gasteiger partial charge on any atom is 0.136 e. The van der Waals surface area contributed by atoms with Gasteiger partial charge in [0.25, 0.3) is 0 Å². The zero-order valence-electron chi connectivity index (χ0n) is 30.0. The van der Waals surface area contributed by atoms with Gasteiger partial charge in [0.2, 0.25) is 0 Å². The highest BCUT2D eigenvalue weighted by Gasteiger charge is 2.35. The normalized spacial score (nSPS) is 16.5. The molecule has 2 atom stereocenters. The highest BCUT2D eigenvalue weighted by atomic mass is 16.3. The van der Waals surface area contributed by atoms with Crippen LogP contribution in [0.5, 0.6) is 0 Å². The minimum atomic E-state index is 0.279. The zero-order chi connectivity index (χ0) is 36.0. The van der Waals surface area contributed by atoms with Crippen molar-refractivity contribution in [3.05, 3.63) is 222 Å². The lowest BCUT2D eigenvalue weighted by Crippen LogP contribution is -2.22.